The van der Waals surface area contributed by atoms with Crippen molar-refractivity contribution in [1.82, 2.24) is 4.98 Å². The molecule has 4 aromatic rings. The third kappa shape index (κ3) is 2.97. The molecule has 0 fully saturated rings. The van der Waals surface area contributed by atoms with Gasteiger partial charge in [0, 0.05) is 15.4 Å². The first-order valence-corrected chi connectivity index (χ1v) is 9.50. The van der Waals surface area contributed by atoms with E-state index in [1.807, 2.05) is 54.6 Å². The van der Waals surface area contributed by atoms with Crippen LogP contribution in [-0.4, -0.2) is 15.2 Å². The molecule has 3 aromatic carbocycles. The standard InChI is InChI=1S/C21H13Br2NO2/c22-17-11-18(23)21(26)20-16(17)9-7-13(24-20)6-8-15-14-4-2-1-3-12(14)5-10-19(15)25/h1-11,25-26H/b8-6+. The summed E-state index contributed by atoms with van der Waals surface area (Å²) in [5.74, 6) is 0.320. The summed E-state index contributed by atoms with van der Waals surface area (Å²) < 4.78 is 1.43. The van der Waals surface area contributed by atoms with Crippen LogP contribution in [0.4, 0.5) is 0 Å². The largest absolute Gasteiger partial charge is 0.507 e. The SMILES string of the molecule is Oc1ccc2ccccc2c1/C=C/c1ccc2c(Br)cc(Br)c(O)c2n1. The lowest BCUT2D eigenvalue weighted by Crippen LogP contribution is -1.87. The topological polar surface area (TPSA) is 53.4 Å². The van der Waals surface area contributed by atoms with Crippen LogP contribution >= 0.6 is 31.9 Å². The minimum absolute atomic E-state index is 0.103. The average molecular weight is 471 g/mol. The first kappa shape index (κ1) is 17.1. The van der Waals surface area contributed by atoms with E-state index >= 15 is 0 Å². The van der Waals surface area contributed by atoms with Crippen molar-refractivity contribution >= 4 is 65.7 Å². The van der Waals surface area contributed by atoms with E-state index in [9.17, 15) is 10.2 Å². The molecule has 0 radical (unpaired) electrons. The molecule has 0 saturated carbocycles. The Labute approximate surface area is 166 Å². The molecule has 0 aliphatic heterocycles. The number of fused-ring (bicyclic) bond motifs is 2. The second kappa shape index (κ2) is 6.74. The van der Waals surface area contributed by atoms with Crippen molar-refractivity contribution < 1.29 is 10.2 Å². The summed E-state index contributed by atoms with van der Waals surface area (Å²) in [4.78, 5) is 4.54. The lowest BCUT2D eigenvalue weighted by Gasteiger charge is -2.07. The van der Waals surface area contributed by atoms with Gasteiger partial charge in [-0.25, -0.2) is 4.98 Å². The number of nitrogens with zero attached hydrogens (tertiary/aromatic N) is 1. The Morgan fingerprint density at radius 2 is 1.62 bits per heavy atom. The zero-order valence-electron chi connectivity index (χ0n) is 13.4. The van der Waals surface area contributed by atoms with Crippen molar-refractivity contribution in [2.75, 3.05) is 0 Å². The van der Waals surface area contributed by atoms with Gasteiger partial charge < -0.3 is 10.2 Å². The molecule has 0 spiro atoms. The Balaban J connectivity index is 1.83. The van der Waals surface area contributed by atoms with Gasteiger partial charge in [0.1, 0.15) is 11.3 Å². The maximum atomic E-state index is 10.3. The maximum absolute atomic E-state index is 10.3. The van der Waals surface area contributed by atoms with Gasteiger partial charge in [0.2, 0.25) is 0 Å². The minimum atomic E-state index is 0.103. The van der Waals surface area contributed by atoms with Crippen molar-refractivity contribution in [3.8, 4) is 11.5 Å². The summed E-state index contributed by atoms with van der Waals surface area (Å²) >= 11 is 6.82. The zero-order valence-corrected chi connectivity index (χ0v) is 16.6. The molecule has 26 heavy (non-hydrogen) atoms. The van der Waals surface area contributed by atoms with E-state index in [0.29, 0.717) is 15.7 Å². The maximum Gasteiger partial charge on any atom is 0.156 e. The van der Waals surface area contributed by atoms with E-state index in [1.165, 1.54) is 0 Å². The first-order valence-electron chi connectivity index (χ1n) is 7.91. The fourth-order valence-electron chi connectivity index (χ4n) is 2.94. The van der Waals surface area contributed by atoms with Gasteiger partial charge in [-0.2, -0.15) is 0 Å². The number of halogens is 2. The summed E-state index contributed by atoms with van der Waals surface area (Å²) in [6.07, 6.45) is 3.67. The summed E-state index contributed by atoms with van der Waals surface area (Å²) in [5, 5.41) is 23.4. The molecule has 1 aromatic heterocycles. The third-order valence-electron chi connectivity index (χ3n) is 4.25. The molecular weight excluding hydrogens is 458 g/mol. The number of hydrogen-bond acceptors (Lipinski definition) is 3. The summed E-state index contributed by atoms with van der Waals surface area (Å²) in [7, 11) is 0. The molecule has 0 saturated heterocycles. The van der Waals surface area contributed by atoms with Crippen LogP contribution in [0, 0.1) is 0 Å². The molecule has 0 amide bonds. The Kier molecular flexibility index (Phi) is 4.42. The molecule has 3 nitrogen and oxygen atoms in total. The Morgan fingerprint density at radius 1 is 0.808 bits per heavy atom. The van der Waals surface area contributed by atoms with Crippen molar-refractivity contribution in [2.24, 2.45) is 0 Å². The lowest BCUT2D eigenvalue weighted by atomic mass is 10.0. The van der Waals surface area contributed by atoms with Crippen LogP contribution in [0.1, 0.15) is 11.3 Å². The Morgan fingerprint density at radius 3 is 2.46 bits per heavy atom. The first-order chi connectivity index (χ1) is 12.5. The van der Waals surface area contributed by atoms with Gasteiger partial charge in [-0.05, 0) is 63.1 Å². The van der Waals surface area contributed by atoms with Gasteiger partial charge in [0.25, 0.3) is 0 Å². The van der Waals surface area contributed by atoms with Crippen LogP contribution in [0.15, 0.2) is 63.5 Å². The molecule has 1 heterocycles. The van der Waals surface area contributed by atoms with Gasteiger partial charge in [0.05, 0.1) is 10.2 Å². The molecule has 4 rings (SSSR count). The summed E-state index contributed by atoms with van der Waals surface area (Å²) in [6.45, 7) is 0. The molecule has 0 bridgehead atoms. The normalized spacial score (nSPS) is 11.6. The van der Waals surface area contributed by atoms with Crippen molar-refractivity contribution in [3.05, 3.63) is 74.8 Å². The van der Waals surface area contributed by atoms with Crippen LogP contribution in [0.3, 0.4) is 0 Å². The van der Waals surface area contributed by atoms with E-state index in [-0.39, 0.29) is 11.5 Å². The molecular formula is C21H13Br2NO2. The zero-order chi connectivity index (χ0) is 18.3. The quantitative estimate of drug-likeness (QED) is 0.351. The predicted molar refractivity (Wildman–Crippen MR) is 113 cm³/mol. The smallest absolute Gasteiger partial charge is 0.156 e. The monoisotopic (exact) mass is 469 g/mol. The highest BCUT2D eigenvalue weighted by molar-refractivity contribution is 9.11. The highest BCUT2D eigenvalue weighted by Crippen LogP contribution is 2.37. The van der Waals surface area contributed by atoms with Crippen molar-refractivity contribution in [2.45, 2.75) is 0 Å². The van der Waals surface area contributed by atoms with Gasteiger partial charge in [-0.15, -0.1) is 0 Å². The Bertz CT molecular complexity index is 1190. The average Bonchev–Trinajstić information content (AvgIpc) is 2.65. The van der Waals surface area contributed by atoms with E-state index in [0.717, 1.165) is 26.2 Å². The van der Waals surface area contributed by atoms with E-state index in [4.69, 9.17) is 0 Å². The number of aromatic hydroxyl groups is 2. The summed E-state index contributed by atoms with van der Waals surface area (Å²) in [5.41, 5.74) is 1.94. The fraction of sp³-hybridized carbons (Fsp3) is 0. The highest BCUT2D eigenvalue weighted by atomic mass is 79.9. The summed E-state index contributed by atoms with van der Waals surface area (Å²) in [6, 6.07) is 17.1. The second-order valence-corrected chi connectivity index (χ2v) is 7.58. The molecule has 5 heteroatoms. The van der Waals surface area contributed by atoms with Crippen molar-refractivity contribution in [1.29, 1.82) is 0 Å². The second-order valence-electron chi connectivity index (χ2n) is 5.87. The lowest BCUT2D eigenvalue weighted by molar-refractivity contribution is 0.475. The van der Waals surface area contributed by atoms with Crippen LogP contribution in [0.25, 0.3) is 33.8 Å². The van der Waals surface area contributed by atoms with Crippen LogP contribution in [0.2, 0.25) is 0 Å². The molecule has 2 N–H and O–H groups in total. The number of rotatable bonds is 2. The molecule has 128 valence electrons. The Hall–Kier alpha value is -2.37. The van der Waals surface area contributed by atoms with E-state index < -0.39 is 0 Å². The number of pyridine rings is 1. The number of hydrogen-bond donors (Lipinski definition) is 2. The fourth-order valence-corrected chi connectivity index (χ4v) is 4.21. The highest BCUT2D eigenvalue weighted by Gasteiger charge is 2.10. The molecule has 0 unspecified atom stereocenters. The van der Waals surface area contributed by atoms with Gasteiger partial charge in [-0.1, -0.05) is 46.3 Å². The number of benzene rings is 3. The minimum Gasteiger partial charge on any atom is -0.507 e. The molecule has 0 aliphatic rings. The third-order valence-corrected chi connectivity index (χ3v) is 5.51. The van der Waals surface area contributed by atoms with Gasteiger partial charge in [-0.3, -0.25) is 0 Å². The van der Waals surface area contributed by atoms with Crippen LogP contribution in [0.5, 0.6) is 11.5 Å². The molecule has 0 atom stereocenters. The van der Waals surface area contributed by atoms with Crippen LogP contribution in [-0.2, 0) is 0 Å². The van der Waals surface area contributed by atoms with E-state index in [1.54, 1.807) is 12.1 Å². The van der Waals surface area contributed by atoms with Gasteiger partial charge in [0.15, 0.2) is 5.75 Å². The van der Waals surface area contributed by atoms with E-state index in [2.05, 4.69) is 36.8 Å². The number of aromatic nitrogens is 1. The predicted octanol–water partition coefficient (Wildman–Crippen LogP) is 6.49. The van der Waals surface area contributed by atoms with Crippen molar-refractivity contribution in [3.63, 3.8) is 0 Å². The van der Waals surface area contributed by atoms with Gasteiger partial charge >= 0.3 is 0 Å². The molecule has 0 aliphatic carbocycles. The number of phenols is 2. The van der Waals surface area contributed by atoms with Crippen LogP contribution < -0.4 is 0 Å². The number of phenolic OH excluding ortho intramolecular Hbond substituents is 2.